The molecule has 4 aliphatic heterocycles. The third kappa shape index (κ3) is 2.11. The standard InChI is InChI=1S/C19H26N2O3/c1-5-24-14-7-6-13(8-15(14)23-4)16-20-9-18(2)10-21(16)12-19(3,11-20)17(18)22/h6-8,16H,5,9-12H2,1-4H3. The van der Waals surface area contributed by atoms with Crippen LogP contribution in [0.1, 0.15) is 32.5 Å². The second-order valence-electron chi connectivity index (χ2n) is 7.98. The molecule has 4 saturated heterocycles. The molecule has 24 heavy (non-hydrogen) atoms. The molecule has 4 fully saturated rings. The molecule has 0 amide bonds. The van der Waals surface area contributed by atoms with E-state index in [4.69, 9.17) is 9.47 Å². The van der Waals surface area contributed by atoms with Crippen molar-refractivity contribution in [1.29, 1.82) is 0 Å². The first-order chi connectivity index (χ1) is 11.4. The molecule has 0 N–H and O–H groups in total. The van der Waals surface area contributed by atoms with Crippen LogP contribution in [0.2, 0.25) is 0 Å². The van der Waals surface area contributed by atoms with E-state index in [-0.39, 0.29) is 17.0 Å². The molecule has 5 rings (SSSR count). The molecule has 0 radical (unpaired) electrons. The van der Waals surface area contributed by atoms with E-state index in [1.54, 1.807) is 7.11 Å². The Morgan fingerprint density at radius 1 is 1.08 bits per heavy atom. The SMILES string of the molecule is CCOc1ccc(C2N3CC4(C)CN2CC(C)(C3)C4=O)cc1OC. The maximum absolute atomic E-state index is 12.8. The Bertz CT molecular complexity index is 647. The summed E-state index contributed by atoms with van der Waals surface area (Å²) in [5.74, 6) is 2.01. The summed E-state index contributed by atoms with van der Waals surface area (Å²) in [6, 6.07) is 6.22. The van der Waals surface area contributed by atoms with Crippen molar-refractivity contribution in [1.82, 2.24) is 9.80 Å². The van der Waals surface area contributed by atoms with Gasteiger partial charge < -0.3 is 9.47 Å². The summed E-state index contributed by atoms with van der Waals surface area (Å²) in [5, 5.41) is 0. The molecule has 1 aromatic rings. The fourth-order valence-electron chi connectivity index (χ4n) is 5.14. The highest BCUT2D eigenvalue weighted by atomic mass is 16.5. The van der Waals surface area contributed by atoms with E-state index in [9.17, 15) is 4.79 Å². The minimum atomic E-state index is -0.225. The van der Waals surface area contributed by atoms with Gasteiger partial charge in [0.05, 0.1) is 30.7 Å². The molecule has 4 aliphatic rings. The van der Waals surface area contributed by atoms with Gasteiger partial charge >= 0.3 is 0 Å². The molecule has 0 saturated carbocycles. The number of carbonyl (C=O) groups is 1. The maximum atomic E-state index is 12.8. The topological polar surface area (TPSA) is 42.0 Å². The van der Waals surface area contributed by atoms with Crippen molar-refractivity contribution in [2.24, 2.45) is 10.8 Å². The molecule has 5 heteroatoms. The maximum Gasteiger partial charge on any atom is 0.161 e. The van der Waals surface area contributed by atoms with Gasteiger partial charge in [-0.05, 0) is 24.6 Å². The zero-order valence-electron chi connectivity index (χ0n) is 15.0. The van der Waals surface area contributed by atoms with Gasteiger partial charge in [0.25, 0.3) is 0 Å². The number of methoxy groups -OCH3 is 1. The summed E-state index contributed by atoms with van der Waals surface area (Å²) in [5.41, 5.74) is 0.766. The minimum Gasteiger partial charge on any atom is -0.493 e. The highest BCUT2D eigenvalue weighted by Crippen LogP contribution is 2.52. The molecule has 5 nitrogen and oxygen atoms in total. The Hall–Kier alpha value is -1.59. The van der Waals surface area contributed by atoms with Crippen LogP contribution >= 0.6 is 0 Å². The number of piperidine rings is 2. The van der Waals surface area contributed by atoms with Crippen molar-refractivity contribution in [3.05, 3.63) is 23.8 Å². The first-order valence-corrected chi connectivity index (χ1v) is 8.74. The fraction of sp³-hybridized carbons (Fsp3) is 0.632. The Morgan fingerprint density at radius 2 is 1.67 bits per heavy atom. The number of ether oxygens (including phenoxy) is 2. The second kappa shape index (κ2) is 5.20. The molecule has 0 aliphatic carbocycles. The van der Waals surface area contributed by atoms with Crippen molar-refractivity contribution in [3.8, 4) is 11.5 Å². The zero-order chi connectivity index (χ0) is 17.1. The van der Waals surface area contributed by atoms with Gasteiger partial charge in [0, 0.05) is 26.2 Å². The molecular formula is C19H26N2O3. The van der Waals surface area contributed by atoms with Gasteiger partial charge in [-0.15, -0.1) is 0 Å². The van der Waals surface area contributed by atoms with Crippen molar-refractivity contribution < 1.29 is 14.3 Å². The molecule has 4 heterocycles. The molecule has 0 aromatic heterocycles. The van der Waals surface area contributed by atoms with Crippen molar-refractivity contribution in [2.45, 2.75) is 26.9 Å². The number of nitrogens with zero attached hydrogens (tertiary/aromatic N) is 2. The molecule has 0 atom stereocenters. The number of hydrogen-bond donors (Lipinski definition) is 0. The summed E-state index contributed by atoms with van der Waals surface area (Å²) in [6.07, 6.45) is 0.226. The van der Waals surface area contributed by atoms with Crippen LogP contribution in [0.4, 0.5) is 0 Å². The van der Waals surface area contributed by atoms with Gasteiger partial charge in [-0.2, -0.15) is 0 Å². The van der Waals surface area contributed by atoms with Crippen LogP contribution < -0.4 is 9.47 Å². The molecule has 1 aromatic carbocycles. The van der Waals surface area contributed by atoms with E-state index in [1.807, 2.05) is 13.0 Å². The van der Waals surface area contributed by atoms with Crippen molar-refractivity contribution in [2.75, 3.05) is 39.9 Å². The summed E-state index contributed by atoms with van der Waals surface area (Å²) in [6.45, 7) is 10.2. The fourth-order valence-corrected chi connectivity index (χ4v) is 5.14. The van der Waals surface area contributed by atoms with Gasteiger partial charge in [-0.3, -0.25) is 14.6 Å². The van der Waals surface area contributed by atoms with Crippen molar-refractivity contribution >= 4 is 5.78 Å². The lowest BCUT2D eigenvalue weighted by Crippen LogP contribution is -2.75. The molecule has 4 bridgehead atoms. The highest BCUT2D eigenvalue weighted by Gasteiger charge is 2.62. The van der Waals surface area contributed by atoms with Crippen LogP contribution in [0.25, 0.3) is 0 Å². The molecular weight excluding hydrogens is 304 g/mol. The Balaban J connectivity index is 1.69. The summed E-state index contributed by atoms with van der Waals surface area (Å²) in [4.78, 5) is 17.7. The predicted molar refractivity (Wildman–Crippen MR) is 91.3 cm³/mol. The van der Waals surface area contributed by atoms with E-state index >= 15 is 0 Å². The molecule has 0 spiro atoms. The van der Waals surface area contributed by atoms with Crippen LogP contribution in [-0.2, 0) is 4.79 Å². The average Bonchev–Trinajstić information content (AvgIpc) is 2.52. The van der Waals surface area contributed by atoms with Crippen LogP contribution in [0.5, 0.6) is 11.5 Å². The van der Waals surface area contributed by atoms with Crippen LogP contribution in [0.3, 0.4) is 0 Å². The Kier molecular flexibility index (Phi) is 3.45. The number of hydrogen-bond acceptors (Lipinski definition) is 5. The lowest BCUT2D eigenvalue weighted by molar-refractivity contribution is -0.197. The summed E-state index contributed by atoms with van der Waals surface area (Å²) < 4.78 is 11.2. The van der Waals surface area contributed by atoms with Crippen LogP contribution in [0.15, 0.2) is 18.2 Å². The Morgan fingerprint density at radius 3 is 2.17 bits per heavy atom. The Labute approximate surface area is 143 Å². The number of rotatable bonds is 4. The number of Topliss-reactive ketones (excluding diaryl/α,β-unsaturated/α-hetero) is 1. The quantitative estimate of drug-likeness (QED) is 0.847. The predicted octanol–water partition coefficient (Wildman–Crippen LogP) is 2.32. The van der Waals surface area contributed by atoms with E-state index in [0.29, 0.717) is 12.4 Å². The van der Waals surface area contributed by atoms with Gasteiger partial charge in [0.15, 0.2) is 11.5 Å². The van der Waals surface area contributed by atoms with E-state index in [1.165, 1.54) is 5.56 Å². The monoisotopic (exact) mass is 330 g/mol. The van der Waals surface area contributed by atoms with E-state index in [0.717, 1.165) is 37.7 Å². The van der Waals surface area contributed by atoms with Gasteiger partial charge in [-0.25, -0.2) is 0 Å². The van der Waals surface area contributed by atoms with Crippen LogP contribution in [-0.4, -0.2) is 55.5 Å². The number of ketones is 1. The van der Waals surface area contributed by atoms with E-state index < -0.39 is 0 Å². The third-order valence-corrected chi connectivity index (χ3v) is 5.78. The molecule has 130 valence electrons. The smallest absolute Gasteiger partial charge is 0.161 e. The normalized spacial score (nSPS) is 40.0. The molecule has 0 unspecified atom stereocenters. The lowest BCUT2D eigenvalue weighted by atomic mass is 9.62. The highest BCUT2D eigenvalue weighted by molar-refractivity contribution is 5.92. The van der Waals surface area contributed by atoms with Gasteiger partial charge in [-0.1, -0.05) is 19.9 Å². The summed E-state index contributed by atoms with van der Waals surface area (Å²) >= 11 is 0. The van der Waals surface area contributed by atoms with Crippen LogP contribution in [0, 0.1) is 10.8 Å². The first-order valence-electron chi connectivity index (χ1n) is 8.74. The number of carbonyl (C=O) groups excluding carboxylic acids is 1. The second-order valence-corrected chi connectivity index (χ2v) is 7.98. The third-order valence-electron chi connectivity index (χ3n) is 5.78. The van der Waals surface area contributed by atoms with Gasteiger partial charge in [0.2, 0.25) is 0 Å². The lowest BCUT2D eigenvalue weighted by Gasteiger charge is -2.64. The zero-order valence-corrected chi connectivity index (χ0v) is 15.0. The minimum absolute atomic E-state index is 0.225. The van der Waals surface area contributed by atoms with Gasteiger partial charge in [0.1, 0.15) is 5.78 Å². The summed E-state index contributed by atoms with van der Waals surface area (Å²) in [7, 11) is 1.68. The van der Waals surface area contributed by atoms with Crippen molar-refractivity contribution in [3.63, 3.8) is 0 Å². The van der Waals surface area contributed by atoms with E-state index in [2.05, 4.69) is 35.8 Å². The largest absolute Gasteiger partial charge is 0.493 e. The average molecular weight is 330 g/mol. The number of benzene rings is 1. The first kappa shape index (κ1) is 15.9.